The fraction of sp³-hybridized carbons (Fsp3) is 0.414. The Morgan fingerprint density at radius 1 is 1.18 bits per heavy atom. The highest BCUT2D eigenvalue weighted by molar-refractivity contribution is 5.98. The van der Waals surface area contributed by atoms with Crippen LogP contribution in [0.15, 0.2) is 58.9 Å². The first-order chi connectivity index (χ1) is 16.0. The summed E-state index contributed by atoms with van der Waals surface area (Å²) < 4.78 is 5.04. The number of furan rings is 1. The molecule has 2 aromatic rings. The van der Waals surface area contributed by atoms with E-state index in [1.165, 1.54) is 18.1 Å². The van der Waals surface area contributed by atoms with Gasteiger partial charge in [0.2, 0.25) is 0 Å². The molecule has 0 radical (unpaired) electrons. The number of ketones is 3. The topological polar surface area (TPSA) is 64.3 Å². The first-order valence-electron chi connectivity index (χ1n) is 12.1. The lowest BCUT2D eigenvalue weighted by molar-refractivity contribution is -0.114. The van der Waals surface area contributed by atoms with E-state index in [1.807, 2.05) is 24.3 Å². The van der Waals surface area contributed by atoms with Gasteiger partial charge in [-0.1, -0.05) is 43.2 Å². The van der Waals surface area contributed by atoms with Crippen molar-refractivity contribution in [1.82, 2.24) is 0 Å². The molecule has 33 heavy (non-hydrogen) atoms. The Morgan fingerprint density at radius 3 is 2.79 bits per heavy atom. The van der Waals surface area contributed by atoms with Crippen molar-refractivity contribution in [2.24, 2.45) is 5.92 Å². The predicted molar refractivity (Wildman–Crippen MR) is 134 cm³/mol. The van der Waals surface area contributed by atoms with E-state index < -0.39 is 0 Å². The second-order valence-corrected chi connectivity index (χ2v) is 8.96. The summed E-state index contributed by atoms with van der Waals surface area (Å²) >= 11 is 0. The standard InChI is InChI=1S/C29H34O4.H2/c1-3-7-23(29(32)25-16-17-33-20-25)9-4-5-10-27(30)11-6-8-22-13-15-28(31)24-14-12-21(2)26(18-22)19-24;/h5,10,12,14,16-20,23H,3-4,6-9,11,13,15H2,1-2H3;1H/b10-5-,22-18-;. The smallest absolute Gasteiger partial charge is 0.169 e. The van der Waals surface area contributed by atoms with E-state index in [9.17, 15) is 14.4 Å². The van der Waals surface area contributed by atoms with Gasteiger partial charge >= 0.3 is 0 Å². The minimum absolute atomic E-state index is 0. The van der Waals surface area contributed by atoms with Crippen molar-refractivity contribution in [2.45, 2.75) is 71.6 Å². The molecule has 4 nitrogen and oxygen atoms in total. The molecular formula is C29H36O4. The molecule has 1 aromatic carbocycles. The lowest BCUT2D eigenvalue weighted by Crippen LogP contribution is -2.14. The molecular weight excluding hydrogens is 412 g/mol. The van der Waals surface area contributed by atoms with Crippen LogP contribution < -0.4 is 0 Å². The van der Waals surface area contributed by atoms with Crippen molar-refractivity contribution in [3.05, 3.63) is 76.8 Å². The van der Waals surface area contributed by atoms with Gasteiger partial charge in [0.15, 0.2) is 17.3 Å². The highest BCUT2D eigenvalue weighted by Gasteiger charge is 2.19. The van der Waals surface area contributed by atoms with Gasteiger partial charge in [-0.3, -0.25) is 14.4 Å². The van der Waals surface area contributed by atoms with Crippen LogP contribution in [0.2, 0.25) is 0 Å². The number of fused-ring (bicyclic) bond motifs is 2. The van der Waals surface area contributed by atoms with E-state index in [-0.39, 0.29) is 24.7 Å². The molecule has 0 aliphatic heterocycles. The highest BCUT2D eigenvalue weighted by Crippen LogP contribution is 2.25. The molecule has 1 atom stereocenters. The number of hydrogen-bond acceptors (Lipinski definition) is 4. The van der Waals surface area contributed by atoms with Gasteiger partial charge < -0.3 is 4.42 Å². The van der Waals surface area contributed by atoms with E-state index in [0.717, 1.165) is 55.2 Å². The van der Waals surface area contributed by atoms with Crippen LogP contribution in [-0.2, 0) is 4.79 Å². The molecule has 4 heteroatoms. The second kappa shape index (κ2) is 12.3. The fourth-order valence-electron chi connectivity index (χ4n) is 4.36. The molecule has 0 saturated heterocycles. The highest BCUT2D eigenvalue weighted by atomic mass is 16.3. The summed E-state index contributed by atoms with van der Waals surface area (Å²) in [5.74, 6) is 0.387. The average Bonchev–Trinajstić information content (AvgIpc) is 3.34. The predicted octanol–water partition coefficient (Wildman–Crippen LogP) is 7.57. The van der Waals surface area contributed by atoms with Gasteiger partial charge in [0.05, 0.1) is 11.8 Å². The van der Waals surface area contributed by atoms with E-state index in [0.29, 0.717) is 24.8 Å². The van der Waals surface area contributed by atoms with Crippen molar-refractivity contribution in [2.75, 3.05) is 0 Å². The molecule has 1 heterocycles. The number of Topliss-reactive ketones (excluding diaryl/α,β-unsaturated/α-hetero) is 2. The van der Waals surface area contributed by atoms with Gasteiger partial charge in [-0.05, 0) is 74.8 Å². The average molecular weight is 449 g/mol. The summed E-state index contributed by atoms with van der Waals surface area (Å²) in [5, 5.41) is 0. The van der Waals surface area contributed by atoms with Crippen molar-refractivity contribution in [3.8, 4) is 0 Å². The van der Waals surface area contributed by atoms with Crippen LogP contribution in [0.1, 0.15) is 98.0 Å². The Balaban J connectivity index is 0.00000408. The summed E-state index contributed by atoms with van der Waals surface area (Å²) in [4.78, 5) is 37.2. The van der Waals surface area contributed by atoms with Crippen molar-refractivity contribution in [1.29, 1.82) is 0 Å². The van der Waals surface area contributed by atoms with Gasteiger partial charge in [-0.2, -0.15) is 0 Å². The lowest BCUT2D eigenvalue weighted by atomic mass is 9.90. The minimum Gasteiger partial charge on any atom is -0.472 e. The monoisotopic (exact) mass is 448 g/mol. The van der Waals surface area contributed by atoms with E-state index in [2.05, 4.69) is 19.9 Å². The molecule has 2 bridgehead atoms. The zero-order chi connectivity index (χ0) is 23.6. The van der Waals surface area contributed by atoms with Gasteiger partial charge in [0.25, 0.3) is 0 Å². The van der Waals surface area contributed by atoms with Crippen LogP contribution in [0.5, 0.6) is 0 Å². The van der Waals surface area contributed by atoms with Gasteiger partial charge in [-0.25, -0.2) is 0 Å². The zero-order valence-electron chi connectivity index (χ0n) is 19.8. The van der Waals surface area contributed by atoms with Crippen LogP contribution in [0.4, 0.5) is 0 Å². The van der Waals surface area contributed by atoms with E-state index >= 15 is 0 Å². The Kier molecular flexibility index (Phi) is 9.17. The number of aryl methyl sites for hydroxylation is 1. The Labute approximate surface area is 198 Å². The van der Waals surface area contributed by atoms with Crippen LogP contribution in [0, 0.1) is 12.8 Å². The fourth-order valence-corrected chi connectivity index (χ4v) is 4.36. The number of carbonyl (C=O) groups excluding carboxylic acids is 3. The maximum absolute atomic E-state index is 12.6. The lowest BCUT2D eigenvalue weighted by Gasteiger charge is -2.13. The quantitative estimate of drug-likeness (QED) is 0.248. The molecule has 0 spiro atoms. The number of carbonyl (C=O) groups is 3. The summed E-state index contributed by atoms with van der Waals surface area (Å²) in [6.07, 6.45) is 15.4. The van der Waals surface area contributed by atoms with Gasteiger partial charge in [-0.15, -0.1) is 0 Å². The molecule has 1 aromatic heterocycles. The molecule has 176 valence electrons. The molecule has 0 amide bonds. The SMILES string of the molecule is CCCC(CC/C=C\C(=O)CCC/C1=C/c2cc(ccc2C)C(=O)CC1)C(=O)c1ccoc1.[HH]. The van der Waals surface area contributed by atoms with E-state index in [1.54, 1.807) is 12.1 Å². The number of rotatable bonds is 12. The molecule has 1 aliphatic rings. The maximum Gasteiger partial charge on any atom is 0.169 e. The molecule has 1 aliphatic carbocycles. The summed E-state index contributed by atoms with van der Waals surface area (Å²) in [5.41, 5.74) is 4.92. The summed E-state index contributed by atoms with van der Waals surface area (Å²) in [6, 6.07) is 7.60. The largest absolute Gasteiger partial charge is 0.472 e. The molecule has 0 saturated carbocycles. The van der Waals surface area contributed by atoms with Crippen LogP contribution >= 0.6 is 0 Å². The van der Waals surface area contributed by atoms with E-state index in [4.69, 9.17) is 4.42 Å². The summed E-state index contributed by atoms with van der Waals surface area (Å²) in [6.45, 7) is 4.13. The normalized spacial score (nSPS) is 16.2. The minimum atomic E-state index is -0.0386. The third-order valence-electron chi connectivity index (χ3n) is 6.35. The Morgan fingerprint density at radius 2 is 2.03 bits per heavy atom. The van der Waals surface area contributed by atoms with Crippen LogP contribution in [0.3, 0.4) is 0 Å². The summed E-state index contributed by atoms with van der Waals surface area (Å²) in [7, 11) is 0. The number of benzene rings is 1. The van der Waals surface area contributed by atoms with Gasteiger partial charge in [0, 0.05) is 25.7 Å². The first kappa shape index (κ1) is 24.6. The zero-order valence-corrected chi connectivity index (χ0v) is 19.8. The third-order valence-corrected chi connectivity index (χ3v) is 6.35. The van der Waals surface area contributed by atoms with Gasteiger partial charge in [0.1, 0.15) is 6.26 Å². The molecule has 0 N–H and O–H groups in total. The van der Waals surface area contributed by atoms with Crippen molar-refractivity contribution < 1.29 is 20.2 Å². The Hall–Kier alpha value is -3.01. The molecule has 0 fully saturated rings. The maximum atomic E-state index is 12.6. The van der Waals surface area contributed by atoms with Crippen LogP contribution in [0.25, 0.3) is 6.08 Å². The number of allylic oxidation sites excluding steroid dienone is 3. The number of hydrogen-bond donors (Lipinski definition) is 0. The molecule has 3 rings (SSSR count). The first-order valence-corrected chi connectivity index (χ1v) is 12.1. The Bertz CT molecular complexity index is 1030. The molecule has 1 unspecified atom stereocenters. The van der Waals surface area contributed by atoms with Crippen molar-refractivity contribution in [3.63, 3.8) is 0 Å². The van der Waals surface area contributed by atoms with Crippen molar-refractivity contribution >= 4 is 23.4 Å². The van der Waals surface area contributed by atoms with Crippen LogP contribution in [-0.4, -0.2) is 17.3 Å². The third kappa shape index (κ3) is 7.24. The second-order valence-electron chi connectivity index (χ2n) is 8.96.